The van der Waals surface area contributed by atoms with Crippen LogP contribution in [-0.4, -0.2) is 43.2 Å². The molecule has 1 aliphatic heterocycles. The molecule has 1 aromatic carbocycles. The van der Waals surface area contributed by atoms with Crippen LogP contribution in [0.4, 0.5) is 10.5 Å². The molecule has 1 saturated heterocycles. The summed E-state index contributed by atoms with van der Waals surface area (Å²) < 4.78 is 5.14. The summed E-state index contributed by atoms with van der Waals surface area (Å²) in [5, 5.41) is 6.31. The summed E-state index contributed by atoms with van der Waals surface area (Å²) in [4.78, 5) is 14.0. The lowest BCUT2D eigenvalue weighted by Gasteiger charge is -2.36. The van der Waals surface area contributed by atoms with Gasteiger partial charge in [-0.1, -0.05) is 6.07 Å². The SMILES string of the molecule is COc1cccc(NC(=O)N2CC(C)NC(C)C2)c1. The van der Waals surface area contributed by atoms with Crippen LogP contribution in [0.15, 0.2) is 24.3 Å². The van der Waals surface area contributed by atoms with Crippen molar-refractivity contribution in [3.63, 3.8) is 0 Å². The molecule has 0 aliphatic carbocycles. The van der Waals surface area contributed by atoms with E-state index in [-0.39, 0.29) is 6.03 Å². The Labute approximate surface area is 113 Å². The van der Waals surface area contributed by atoms with Crippen molar-refractivity contribution < 1.29 is 9.53 Å². The summed E-state index contributed by atoms with van der Waals surface area (Å²) in [5.41, 5.74) is 0.753. The second-order valence-electron chi connectivity index (χ2n) is 5.04. The van der Waals surface area contributed by atoms with Crippen molar-refractivity contribution in [1.82, 2.24) is 10.2 Å². The average molecular weight is 263 g/mol. The summed E-state index contributed by atoms with van der Waals surface area (Å²) in [6.45, 7) is 5.61. The van der Waals surface area contributed by atoms with Gasteiger partial charge in [-0.05, 0) is 26.0 Å². The standard InChI is InChI=1S/C14H21N3O2/c1-10-8-17(9-11(2)15-10)14(18)16-12-5-4-6-13(7-12)19-3/h4-7,10-11,15H,8-9H2,1-3H3,(H,16,18). The summed E-state index contributed by atoms with van der Waals surface area (Å²) in [7, 11) is 1.61. The van der Waals surface area contributed by atoms with E-state index >= 15 is 0 Å². The molecule has 5 heteroatoms. The molecule has 1 heterocycles. The van der Waals surface area contributed by atoms with E-state index in [2.05, 4.69) is 24.5 Å². The normalized spacial score (nSPS) is 23.0. The third-order valence-corrected chi connectivity index (χ3v) is 3.17. The zero-order chi connectivity index (χ0) is 13.8. The largest absolute Gasteiger partial charge is 0.497 e. The highest BCUT2D eigenvalue weighted by molar-refractivity contribution is 5.89. The first-order chi connectivity index (χ1) is 9.08. The second-order valence-corrected chi connectivity index (χ2v) is 5.04. The lowest BCUT2D eigenvalue weighted by molar-refractivity contribution is 0.176. The molecule has 2 rings (SSSR count). The fourth-order valence-electron chi connectivity index (χ4n) is 2.40. The van der Waals surface area contributed by atoms with E-state index in [9.17, 15) is 4.79 Å². The van der Waals surface area contributed by atoms with Gasteiger partial charge in [0, 0.05) is 36.9 Å². The number of hydrogen-bond acceptors (Lipinski definition) is 3. The zero-order valence-corrected chi connectivity index (χ0v) is 11.6. The van der Waals surface area contributed by atoms with Crippen LogP contribution in [0.3, 0.4) is 0 Å². The number of nitrogens with one attached hydrogen (secondary N) is 2. The minimum atomic E-state index is -0.0616. The van der Waals surface area contributed by atoms with E-state index in [0.717, 1.165) is 24.5 Å². The van der Waals surface area contributed by atoms with Crippen LogP contribution in [0.25, 0.3) is 0 Å². The number of carbonyl (C=O) groups excluding carboxylic acids is 1. The Balaban J connectivity index is 2.00. The number of ether oxygens (including phenoxy) is 1. The van der Waals surface area contributed by atoms with Crippen LogP contribution in [0, 0.1) is 0 Å². The first-order valence-corrected chi connectivity index (χ1v) is 6.54. The van der Waals surface area contributed by atoms with E-state index < -0.39 is 0 Å². The van der Waals surface area contributed by atoms with Gasteiger partial charge in [0.15, 0.2) is 0 Å². The van der Waals surface area contributed by atoms with Crippen LogP contribution in [0.2, 0.25) is 0 Å². The Kier molecular flexibility index (Phi) is 4.27. The zero-order valence-electron chi connectivity index (χ0n) is 11.6. The average Bonchev–Trinajstić information content (AvgIpc) is 2.37. The molecule has 19 heavy (non-hydrogen) atoms. The number of hydrogen-bond donors (Lipinski definition) is 2. The van der Waals surface area contributed by atoms with Gasteiger partial charge in [0.2, 0.25) is 0 Å². The van der Waals surface area contributed by atoms with E-state index in [1.807, 2.05) is 29.2 Å². The van der Waals surface area contributed by atoms with Gasteiger partial charge in [-0.25, -0.2) is 4.79 Å². The summed E-state index contributed by atoms with van der Waals surface area (Å²) >= 11 is 0. The maximum atomic E-state index is 12.2. The number of carbonyl (C=O) groups is 1. The molecule has 2 unspecified atom stereocenters. The number of amides is 2. The van der Waals surface area contributed by atoms with Gasteiger partial charge in [-0.2, -0.15) is 0 Å². The van der Waals surface area contributed by atoms with Crippen LogP contribution in [0.5, 0.6) is 5.75 Å². The first kappa shape index (κ1) is 13.7. The van der Waals surface area contributed by atoms with Gasteiger partial charge < -0.3 is 20.3 Å². The quantitative estimate of drug-likeness (QED) is 0.857. The predicted octanol–water partition coefficient (Wildman–Crippen LogP) is 1.91. The number of anilines is 1. The molecular formula is C14H21N3O2. The number of rotatable bonds is 2. The maximum Gasteiger partial charge on any atom is 0.321 e. The topological polar surface area (TPSA) is 53.6 Å². The van der Waals surface area contributed by atoms with Crippen molar-refractivity contribution in [3.05, 3.63) is 24.3 Å². The highest BCUT2D eigenvalue weighted by Gasteiger charge is 2.24. The number of benzene rings is 1. The van der Waals surface area contributed by atoms with Crippen molar-refractivity contribution >= 4 is 11.7 Å². The van der Waals surface area contributed by atoms with Crippen molar-refractivity contribution in [2.24, 2.45) is 0 Å². The van der Waals surface area contributed by atoms with Crippen LogP contribution < -0.4 is 15.4 Å². The third-order valence-electron chi connectivity index (χ3n) is 3.17. The van der Waals surface area contributed by atoms with E-state index in [1.54, 1.807) is 7.11 Å². The van der Waals surface area contributed by atoms with Crippen molar-refractivity contribution in [2.75, 3.05) is 25.5 Å². The molecule has 1 aliphatic rings. The Hall–Kier alpha value is -1.75. The molecule has 104 valence electrons. The van der Waals surface area contributed by atoms with Crippen molar-refractivity contribution in [3.8, 4) is 5.75 Å². The second kappa shape index (κ2) is 5.93. The molecule has 2 N–H and O–H groups in total. The number of nitrogens with zero attached hydrogens (tertiary/aromatic N) is 1. The maximum absolute atomic E-state index is 12.2. The first-order valence-electron chi connectivity index (χ1n) is 6.54. The molecule has 5 nitrogen and oxygen atoms in total. The molecule has 0 aromatic heterocycles. The van der Waals surface area contributed by atoms with E-state index in [1.165, 1.54) is 0 Å². The van der Waals surface area contributed by atoms with Gasteiger partial charge in [-0.15, -0.1) is 0 Å². The summed E-state index contributed by atoms with van der Waals surface area (Å²) in [5.74, 6) is 0.736. The molecule has 2 amide bonds. The summed E-state index contributed by atoms with van der Waals surface area (Å²) in [6.07, 6.45) is 0. The molecule has 1 aromatic rings. The lowest BCUT2D eigenvalue weighted by Crippen LogP contribution is -2.56. The Morgan fingerprint density at radius 3 is 2.68 bits per heavy atom. The molecular weight excluding hydrogens is 242 g/mol. The molecule has 0 spiro atoms. The van der Waals surface area contributed by atoms with Crippen LogP contribution >= 0.6 is 0 Å². The van der Waals surface area contributed by atoms with E-state index in [0.29, 0.717) is 12.1 Å². The fraction of sp³-hybridized carbons (Fsp3) is 0.500. The minimum Gasteiger partial charge on any atom is -0.497 e. The van der Waals surface area contributed by atoms with E-state index in [4.69, 9.17) is 4.74 Å². The summed E-state index contributed by atoms with van der Waals surface area (Å²) in [6, 6.07) is 7.96. The monoisotopic (exact) mass is 263 g/mol. The van der Waals surface area contributed by atoms with Crippen molar-refractivity contribution in [1.29, 1.82) is 0 Å². The molecule has 0 radical (unpaired) electrons. The molecule has 2 atom stereocenters. The highest BCUT2D eigenvalue weighted by Crippen LogP contribution is 2.17. The van der Waals surface area contributed by atoms with Crippen LogP contribution in [0.1, 0.15) is 13.8 Å². The Morgan fingerprint density at radius 2 is 2.05 bits per heavy atom. The van der Waals surface area contributed by atoms with Gasteiger partial charge in [0.25, 0.3) is 0 Å². The number of methoxy groups -OCH3 is 1. The van der Waals surface area contributed by atoms with Gasteiger partial charge in [0.05, 0.1) is 7.11 Å². The van der Waals surface area contributed by atoms with Gasteiger partial charge >= 0.3 is 6.03 Å². The van der Waals surface area contributed by atoms with Gasteiger partial charge in [0.1, 0.15) is 5.75 Å². The van der Waals surface area contributed by atoms with Crippen LogP contribution in [-0.2, 0) is 0 Å². The van der Waals surface area contributed by atoms with Crippen molar-refractivity contribution in [2.45, 2.75) is 25.9 Å². The minimum absolute atomic E-state index is 0.0616. The molecule has 0 saturated carbocycles. The molecule has 1 fully saturated rings. The van der Waals surface area contributed by atoms with Gasteiger partial charge in [-0.3, -0.25) is 0 Å². The number of urea groups is 1. The predicted molar refractivity (Wildman–Crippen MR) is 75.6 cm³/mol. The Bertz CT molecular complexity index is 440. The number of piperazine rings is 1. The third kappa shape index (κ3) is 3.61. The fourth-order valence-corrected chi connectivity index (χ4v) is 2.40. The lowest BCUT2D eigenvalue weighted by atomic mass is 10.1. The highest BCUT2D eigenvalue weighted by atomic mass is 16.5. The smallest absolute Gasteiger partial charge is 0.321 e. The Morgan fingerprint density at radius 1 is 1.37 bits per heavy atom. The molecule has 0 bridgehead atoms.